The van der Waals surface area contributed by atoms with Crippen LogP contribution in [0.2, 0.25) is 0 Å². The van der Waals surface area contributed by atoms with Crippen LogP contribution >= 0.6 is 0 Å². The standard InChI is InChI=1S/C22H22N4O3/c1-13-5-7-17-15(9-13)16-11-23-26(22(28)21(16)24-17)12-20(27)25(3)18-10-14(2)6-8-19(18)29-4/h5-11,24H,12H2,1-4H3. The summed E-state index contributed by atoms with van der Waals surface area (Å²) in [6.07, 6.45) is 1.63. The van der Waals surface area contributed by atoms with Crippen LogP contribution in [0.1, 0.15) is 11.1 Å². The van der Waals surface area contributed by atoms with Gasteiger partial charge in [0.1, 0.15) is 17.8 Å². The molecule has 0 aliphatic rings. The molecule has 4 rings (SSSR count). The lowest BCUT2D eigenvalue weighted by Crippen LogP contribution is -2.35. The normalized spacial score (nSPS) is 11.2. The molecule has 0 atom stereocenters. The highest BCUT2D eigenvalue weighted by Gasteiger charge is 2.18. The number of aromatic amines is 1. The minimum atomic E-state index is -0.325. The Labute approximate surface area is 167 Å². The molecule has 7 nitrogen and oxygen atoms in total. The molecule has 148 valence electrons. The van der Waals surface area contributed by atoms with E-state index < -0.39 is 0 Å². The SMILES string of the molecule is COc1ccc(C)cc1N(C)C(=O)Cn1ncc2c([nH]c3ccc(C)cc32)c1=O. The van der Waals surface area contributed by atoms with Gasteiger partial charge in [0.2, 0.25) is 5.91 Å². The smallest absolute Gasteiger partial charge is 0.291 e. The molecular weight excluding hydrogens is 368 g/mol. The Bertz CT molecular complexity index is 1300. The fourth-order valence-corrected chi connectivity index (χ4v) is 3.48. The summed E-state index contributed by atoms with van der Waals surface area (Å²) >= 11 is 0. The first-order chi connectivity index (χ1) is 13.9. The van der Waals surface area contributed by atoms with Gasteiger partial charge in [0, 0.05) is 23.3 Å². The molecule has 2 aromatic carbocycles. The van der Waals surface area contributed by atoms with E-state index in [2.05, 4.69) is 10.1 Å². The number of ether oxygens (including phenoxy) is 1. The molecule has 2 heterocycles. The van der Waals surface area contributed by atoms with Crippen molar-refractivity contribution >= 4 is 33.4 Å². The minimum absolute atomic E-state index is 0.170. The number of amides is 1. The van der Waals surface area contributed by atoms with Crippen LogP contribution in [0.25, 0.3) is 21.8 Å². The van der Waals surface area contributed by atoms with E-state index >= 15 is 0 Å². The number of methoxy groups -OCH3 is 1. The number of carbonyl (C=O) groups is 1. The number of carbonyl (C=O) groups excluding carboxylic acids is 1. The summed E-state index contributed by atoms with van der Waals surface area (Å²) in [7, 11) is 3.22. The van der Waals surface area contributed by atoms with Crippen LogP contribution in [-0.2, 0) is 11.3 Å². The number of aryl methyl sites for hydroxylation is 2. The Morgan fingerprint density at radius 1 is 1.14 bits per heavy atom. The van der Waals surface area contributed by atoms with Gasteiger partial charge in [0.15, 0.2) is 0 Å². The second-order valence-electron chi connectivity index (χ2n) is 7.20. The fourth-order valence-electron chi connectivity index (χ4n) is 3.48. The molecular formula is C22H22N4O3. The third-order valence-electron chi connectivity index (χ3n) is 5.12. The van der Waals surface area contributed by atoms with E-state index in [1.165, 1.54) is 9.58 Å². The molecule has 0 bridgehead atoms. The van der Waals surface area contributed by atoms with Crippen LogP contribution in [0.15, 0.2) is 47.4 Å². The predicted molar refractivity (Wildman–Crippen MR) is 114 cm³/mol. The molecule has 0 aliphatic carbocycles. The number of H-pyrrole nitrogens is 1. The van der Waals surface area contributed by atoms with E-state index in [-0.39, 0.29) is 18.0 Å². The third kappa shape index (κ3) is 3.24. The number of fused-ring (bicyclic) bond motifs is 3. The number of anilines is 1. The molecule has 0 fully saturated rings. The van der Waals surface area contributed by atoms with Crippen molar-refractivity contribution in [3.05, 3.63) is 64.1 Å². The zero-order valence-corrected chi connectivity index (χ0v) is 16.8. The van der Waals surface area contributed by atoms with E-state index in [0.717, 1.165) is 27.4 Å². The summed E-state index contributed by atoms with van der Waals surface area (Å²) in [5.41, 5.74) is 3.75. The minimum Gasteiger partial charge on any atom is -0.495 e. The van der Waals surface area contributed by atoms with Gasteiger partial charge in [0.05, 0.1) is 19.0 Å². The average molecular weight is 390 g/mol. The van der Waals surface area contributed by atoms with Crippen molar-refractivity contribution in [3.8, 4) is 5.75 Å². The van der Waals surface area contributed by atoms with Crippen LogP contribution in [0.3, 0.4) is 0 Å². The lowest BCUT2D eigenvalue weighted by Gasteiger charge is -2.20. The van der Waals surface area contributed by atoms with Gasteiger partial charge < -0.3 is 14.6 Å². The number of nitrogens with zero attached hydrogens (tertiary/aromatic N) is 3. The zero-order chi connectivity index (χ0) is 20.7. The quantitative estimate of drug-likeness (QED) is 0.580. The first-order valence-corrected chi connectivity index (χ1v) is 9.28. The first-order valence-electron chi connectivity index (χ1n) is 9.28. The summed E-state index contributed by atoms with van der Waals surface area (Å²) in [6, 6.07) is 11.5. The van der Waals surface area contributed by atoms with Gasteiger partial charge in [-0.25, -0.2) is 4.68 Å². The Hall–Kier alpha value is -3.61. The second-order valence-corrected chi connectivity index (χ2v) is 7.20. The van der Waals surface area contributed by atoms with Crippen molar-refractivity contribution in [3.63, 3.8) is 0 Å². The molecule has 0 radical (unpaired) electrons. The summed E-state index contributed by atoms with van der Waals surface area (Å²) in [4.78, 5) is 30.4. The Morgan fingerprint density at radius 3 is 2.62 bits per heavy atom. The summed E-state index contributed by atoms with van der Waals surface area (Å²) in [5.74, 6) is 0.322. The van der Waals surface area contributed by atoms with E-state index in [1.54, 1.807) is 20.4 Å². The first kappa shape index (κ1) is 18.7. The van der Waals surface area contributed by atoms with Gasteiger partial charge in [-0.05, 0) is 43.7 Å². The van der Waals surface area contributed by atoms with E-state index in [9.17, 15) is 9.59 Å². The second kappa shape index (κ2) is 7.09. The molecule has 1 amide bonds. The average Bonchev–Trinajstić information content (AvgIpc) is 3.08. The van der Waals surface area contributed by atoms with Crippen molar-refractivity contribution in [1.29, 1.82) is 0 Å². The molecule has 0 unspecified atom stereocenters. The van der Waals surface area contributed by atoms with E-state index in [1.807, 2.05) is 50.2 Å². The summed E-state index contributed by atoms with van der Waals surface area (Å²) < 4.78 is 6.55. The maximum absolute atomic E-state index is 12.9. The maximum atomic E-state index is 12.9. The van der Waals surface area contributed by atoms with Crippen LogP contribution in [-0.4, -0.2) is 34.8 Å². The predicted octanol–water partition coefficient (Wildman–Crippen LogP) is 3.17. The maximum Gasteiger partial charge on any atom is 0.291 e. The van der Waals surface area contributed by atoms with E-state index in [4.69, 9.17) is 4.74 Å². The Balaban J connectivity index is 1.70. The molecule has 2 aromatic heterocycles. The number of hydrogen-bond acceptors (Lipinski definition) is 4. The number of benzene rings is 2. The van der Waals surface area contributed by atoms with Gasteiger partial charge in [-0.2, -0.15) is 5.10 Å². The Kier molecular flexibility index (Phi) is 4.58. The fraction of sp³-hybridized carbons (Fsp3) is 0.227. The lowest BCUT2D eigenvalue weighted by molar-refractivity contribution is -0.119. The number of nitrogens with one attached hydrogen (secondary N) is 1. The van der Waals surface area contributed by atoms with Crippen LogP contribution < -0.4 is 15.2 Å². The highest BCUT2D eigenvalue weighted by molar-refractivity contribution is 6.06. The van der Waals surface area contributed by atoms with Crippen molar-refractivity contribution in [2.24, 2.45) is 0 Å². The summed E-state index contributed by atoms with van der Waals surface area (Å²) in [5, 5.41) is 5.94. The highest BCUT2D eigenvalue weighted by atomic mass is 16.5. The molecule has 1 N–H and O–H groups in total. The van der Waals surface area contributed by atoms with Crippen LogP contribution in [0.4, 0.5) is 5.69 Å². The number of likely N-dealkylation sites (N-methyl/N-ethyl adjacent to an activating group) is 1. The van der Waals surface area contributed by atoms with Gasteiger partial charge in [-0.1, -0.05) is 17.7 Å². The van der Waals surface area contributed by atoms with Gasteiger partial charge in [-0.15, -0.1) is 0 Å². The molecule has 7 heteroatoms. The molecule has 0 aliphatic heterocycles. The topological polar surface area (TPSA) is 80.2 Å². The van der Waals surface area contributed by atoms with Crippen molar-refractivity contribution in [2.45, 2.75) is 20.4 Å². The molecule has 29 heavy (non-hydrogen) atoms. The molecule has 0 saturated carbocycles. The van der Waals surface area contributed by atoms with Crippen molar-refractivity contribution in [1.82, 2.24) is 14.8 Å². The molecule has 0 spiro atoms. The third-order valence-corrected chi connectivity index (χ3v) is 5.12. The van der Waals surface area contributed by atoms with Gasteiger partial charge >= 0.3 is 0 Å². The van der Waals surface area contributed by atoms with Crippen molar-refractivity contribution in [2.75, 3.05) is 19.1 Å². The highest BCUT2D eigenvalue weighted by Crippen LogP contribution is 2.28. The van der Waals surface area contributed by atoms with E-state index in [0.29, 0.717) is 17.0 Å². The van der Waals surface area contributed by atoms with Gasteiger partial charge in [-0.3, -0.25) is 9.59 Å². The summed E-state index contributed by atoms with van der Waals surface area (Å²) in [6.45, 7) is 3.77. The monoisotopic (exact) mass is 390 g/mol. The molecule has 0 saturated heterocycles. The number of hydrogen-bond donors (Lipinski definition) is 1. The number of rotatable bonds is 4. The van der Waals surface area contributed by atoms with Crippen LogP contribution in [0, 0.1) is 13.8 Å². The Morgan fingerprint density at radius 2 is 1.86 bits per heavy atom. The largest absolute Gasteiger partial charge is 0.495 e. The zero-order valence-electron chi connectivity index (χ0n) is 16.8. The van der Waals surface area contributed by atoms with Crippen LogP contribution in [0.5, 0.6) is 5.75 Å². The molecule has 4 aromatic rings. The van der Waals surface area contributed by atoms with Gasteiger partial charge in [0.25, 0.3) is 5.56 Å². The van der Waals surface area contributed by atoms with Crippen molar-refractivity contribution < 1.29 is 9.53 Å². The number of aromatic nitrogens is 3. The lowest BCUT2D eigenvalue weighted by atomic mass is 10.1.